The number of fused-ring (bicyclic) bond motifs is 2. The van der Waals surface area contributed by atoms with E-state index in [0.717, 1.165) is 37.2 Å². The third-order valence-corrected chi connectivity index (χ3v) is 4.51. The number of aromatic nitrogens is 4. The number of hydrogen-bond donors (Lipinski definition) is 0. The maximum Gasteiger partial charge on any atom is 0.234 e. The molecule has 0 amide bonds. The van der Waals surface area contributed by atoms with Gasteiger partial charge in [-0.15, -0.1) is 10.2 Å². The third kappa shape index (κ3) is 1.63. The van der Waals surface area contributed by atoms with E-state index in [-0.39, 0.29) is 0 Å². The van der Waals surface area contributed by atoms with E-state index in [9.17, 15) is 0 Å². The summed E-state index contributed by atoms with van der Waals surface area (Å²) in [7, 11) is 0. The normalized spacial score (nSPS) is 11.5. The van der Waals surface area contributed by atoms with Gasteiger partial charge in [-0.2, -0.15) is 9.61 Å². The van der Waals surface area contributed by atoms with Gasteiger partial charge in [0.1, 0.15) is 5.01 Å². The molecule has 2 heterocycles. The van der Waals surface area contributed by atoms with E-state index in [4.69, 9.17) is 11.6 Å². The molecule has 0 atom stereocenters. The average molecular weight is 301 g/mol. The second-order valence-electron chi connectivity index (χ2n) is 4.49. The largest absolute Gasteiger partial charge is 0.234 e. The van der Waals surface area contributed by atoms with Gasteiger partial charge in [0.15, 0.2) is 5.82 Å². The van der Waals surface area contributed by atoms with Crippen molar-refractivity contribution in [2.45, 2.75) is 6.92 Å². The van der Waals surface area contributed by atoms with Crippen LogP contribution in [0.3, 0.4) is 0 Å². The van der Waals surface area contributed by atoms with Crippen LogP contribution < -0.4 is 0 Å². The Hall–Kier alpha value is -1.98. The summed E-state index contributed by atoms with van der Waals surface area (Å²) in [5.74, 6) is 0.792. The van der Waals surface area contributed by atoms with Crippen molar-refractivity contribution in [2.24, 2.45) is 0 Å². The summed E-state index contributed by atoms with van der Waals surface area (Å²) >= 11 is 7.78. The lowest BCUT2D eigenvalue weighted by Crippen LogP contribution is -1.89. The number of aryl methyl sites for hydroxylation is 1. The molecule has 0 aliphatic rings. The lowest BCUT2D eigenvalue weighted by atomic mass is 10.1. The molecule has 2 aromatic carbocycles. The van der Waals surface area contributed by atoms with Crippen LogP contribution >= 0.6 is 22.9 Å². The summed E-state index contributed by atoms with van der Waals surface area (Å²) in [4.78, 5) is 0.802. The van der Waals surface area contributed by atoms with Gasteiger partial charge >= 0.3 is 0 Å². The molecule has 0 aliphatic carbocycles. The van der Waals surface area contributed by atoms with Crippen molar-refractivity contribution in [3.05, 3.63) is 47.2 Å². The van der Waals surface area contributed by atoms with E-state index in [1.165, 1.54) is 11.3 Å². The fourth-order valence-corrected chi connectivity index (χ4v) is 3.44. The molecule has 6 heteroatoms. The van der Waals surface area contributed by atoms with Gasteiger partial charge in [0.2, 0.25) is 4.96 Å². The number of hydrogen-bond acceptors (Lipinski definition) is 4. The SMILES string of the molecule is Cc1nnc2sc(-c3cccc4c(Cl)cccc34)nn12. The standard InChI is InChI=1S/C14H9ClN4S/c1-8-16-17-14-19(8)18-13(20-14)11-6-2-5-10-9(11)4-3-7-12(10)15/h2-7H,1H3. The quantitative estimate of drug-likeness (QED) is 0.534. The zero-order valence-electron chi connectivity index (χ0n) is 10.5. The van der Waals surface area contributed by atoms with E-state index in [1.807, 2.05) is 31.2 Å². The Morgan fingerprint density at radius 3 is 2.70 bits per heavy atom. The molecule has 2 aromatic heterocycles. The van der Waals surface area contributed by atoms with Gasteiger partial charge in [0, 0.05) is 16.0 Å². The van der Waals surface area contributed by atoms with Crippen LogP contribution in [0.2, 0.25) is 5.02 Å². The predicted molar refractivity (Wildman–Crippen MR) is 81.3 cm³/mol. The fraction of sp³-hybridized carbons (Fsp3) is 0.0714. The first-order valence-corrected chi connectivity index (χ1v) is 7.30. The molecule has 0 spiro atoms. The minimum atomic E-state index is 0.753. The molecule has 98 valence electrons. The predicted octanol–water partition coefficient (Wildman–Crippen LogP) is 3.97. The van der Waals surface area contributed by atoms with Gasteiger partial charge in [0.05, 0.1) is 0 Å². The van der Waals surface area contributed by atoms with Crippen LogP contribution in [-0.2, 0) is 0 Å². The molecule has 0 fully saturated rings. The summed E-state index contributed by atoms with van der Waals surface area (Å²) in [6, 6.07) is 12.0. The molecule has 4 aromatic rings. The fourth-order valence-electron chi connectivity index (χ4n) is 2.28. The highest BCUT2D eigenvalue weighted by Gasteiger charge is 2.13. The van der Waals surface area contributed by atoms with E-state index < -0.39 is 0 Å². The highest BCUT2D eigenvalue weighted by atomic mass is 35.5. The lowest BCUT2D eigenvalue weighted by Gasteiger charge is -2.04. The van der Waals surface area contributed by atoms with Gasteiger partial charge in [-0.25, -0.2) is 0 Å². The molecule has 20 heavy (non-hydrogen) atoms. The Labute approximate surface area is 123 Å². The Morgan fingerprint density at radius 1 is 1.05 bits per heavy atom. The van der Waals surface area contributed by atoms with Crippen molar-refractivity contribution in [1.29, 1.82) is 0 Å². The second kappa shape index (κ2) is 4.26. The Bertz CT molecular complexity index is 941. The topological polar surface area (TPSA) is 43.1 Å². The van der Waals surface area contributed by atoms with Crippen LogP contribution in [0, 0.1) is 6.92 Å². The van der Waals surface area contributed by atoms with Crippen LogP contribution in [0.5, 0.6) is 0 Å². The first-order chi connectivity index (χ1) is 9.74. The van der Waals surface area contributed by atoms with Crippen molar-refractivity contribution < 1.29 is 0 Å². The average Bonchev–Trinajstić information content (AvgIpc) is 3.02. The number of nitrogens with zero attached hydrogens (tertiary/aromatic N) is 4. The third-order valence-electron chi connectivity index (χ3n) is 3.25. The molecular weight excluding hydrogens is 292 g/mol. The van der Waals surface area contributed by atoms with Gasteiger partial charge < -0.3 is 0 Å². The number of benzene rings is 2. The molecular formula is C14H9ClN4S. The van der Waals surface area contributed by atoms with Gasteiger partial charge in [-0.05, 0) is 18.4 Å². The smallest absolute Gasteiger partial charge is 0.187 e. The summed E-state index contributed by atoms with van der Waals surface area (Å²) in [5.41, 5.74) is 1.07. The van der Waals surface area contributed by atoms with Gasteiger partial charge in [0.25, 0.3) is 0 Å². The van der Waals surface area contributed by atoms with E-state index >= 15 is 0 Å². The first-order valence-electron chi connectivity index (χ1n) is 6.10. The van der Waals surface area contributed by atoms with Crippen LogP contribution in [0.25, 0.3) is 26.3 Å². The van der Waals surface area contributed by atoms with Crippen molar-refractivity contribution >= 4 is 38.7 Å². The van der Waals surface area contributed by atoms with E-state index in [0.29, 0.717) is 0 Å². The van der Waals surface area contributed by atoms with Crippen molar-refractivity contribution in [3.63, 3.8) is 0 Å². The Morgan fingerprint density at radius 2 is 1.85 bits per heavy atom. The minimum absolute atomic E-state index is 0.753. The summed E-state index contributed by atoms with van der Waals surface area (Å²) in [6.07, 6.45) is 0. The van der Waals surface area contributed by atoms with E-state index in [2.05, 4.69) is 27.4 Å². The molecule has 0 saturated heterocycles. The van der Waals surface area contributed by atoms with Crippen LogP contribution in [-0.4, -0.2) is 19.8 Å². The monoisotopic (exact) mass is 300 g/mol. The molecule has 0 aliphatic heterocycles. The van der Waals surface area contributed by atoms with Crippen LogP contribution in [0.15, 0.2) is 36.4 Å². The van der Waals surface area contributed by atoms with Crippen molar-refractivity contribution in [3.8, 4) is 10.6 Å². The molecule has 0 N–H and O–H groups in total. The summed E-state index contributed by atoms with van der Waals surface area (Å²) in [5, 5.41) is 16.5. The lowest BCUT2D eigenvalue weighted by molar-refractivity contribution is 0.898. The van der Waals surface area contributed by atoms with Crippen LogP contribution in [0.1, 0.15) is 5.82 Å². The summed E-state index contributed by atoms with van der Waals surface area (Å²) < 4.78 is 1.77. The van der Waals surface area contributed by atoms with Crippen LogP contribution in [0.4, 0.5) is 0 Å². The number of halogens is 1. The van der Waals surface area contributed by atoms with Crippen molar-refractivity contribution in [1.82, 2.24) is 19.8 Å². The zero-order valence-corrected chi connectivity index (χ0v) is 12.1. The minimum Gasteiger partial charge on any atom is -0.187 e. The second-order valence-corrected chi connectivity index (χ2v) is 5.85. The maximum atomic E-state index is 6.25. The Kier molecular flexibility index (Phi) is 2.52. The van der Waals surface area contributed by atoms with Gasteiger partial charge in [-0.1, -0.05) is 53.3 Å². The maximum absolute atomic E-state index is 6.25. The molecule has 0 saturated carbocycles. The zero-order chi connectivity index (χ0) is 13.7. The summed E-state index contributed by atoms with van der Waals surface area (Å²) in [6.45, 7) is 1.89. The molecule has 4 rings (SSSR count). The first kappa shape index (κ1) is 11.8. The molecule has 0 bridgehead atoms. The van der Waals surface area contributed by atoms with Gasteiger partial charge in [-0.3, -0.25) is 0 Å². The molecule has 4 nitrogen and oxygen atoms in total. The highest BCUT2D eigenvalue weighted by molar-refractivity contribution is 7.19. The molecule has 0 unspecified atom stereocenters. The Balaban J connectivity index is 2.04. The molecule has 0 radical (unpaired) electrons. The van der Waals surface area contributed by atoms with E-state index in [1.54, 1.807) is 4.52 Å². The number of rotatable bonds is 1. The van der Waals surface area contributed by atoms with Crippen molar-refractivity contribution in [2.75, 3.05) is 0 Å². The highest BCUT2D eigenvalue weighted by Crippen LogP contribution is 2.34.